The number of aromatic nitrogens is 1. The Morgan fingerprint density at radius 1 is 1.06 bits per heavy atom. The van der Waals surface area contributed by atoms with Crippen molar-refractivity contribution in [3.05, 3.63) is 40.9 Å². The summed E-state index contributed by atoms with van der Waals surface area (Å²) in [7, 11) is 0. The molecule has 7 heteroatoms. The van der Waals surface area contributed by atoms with Gasteiger partial charge in [-0.05, 0) is 60.3 Å². The number of rotatable bonds is 4. The molecule has 0 atom stereocenters. The number of amidine groups is 1. The molecule has 1 aromatic heterocycles. The van der Waals surface area contributed by atoms with Crippen LogP contribution < -0.4 is 5.73 Å². The van der Waals surface area contributed by atoms with E-state index in [2.05, 4.69) is 46.5 Å². The van der Waals surface area contributed by atoms with Gasteiger partial charge >= 0.3 is 5.97 Å². The van der Waals surface area contributed by atoms with Crippen molar-refractivity contribution in [3.63, 3.8) is 0 Å². The Morgan fingerprint density at radius 2 is 1.64 bits per heavy atom. The zero-order chi connectivity index (χ0) is 26.5. The number of nitrogens with two attached hydrogens (primary N) is 1. The summed E-state index contributed by atoms with van der Waals surface area (Å²) in [6.07, 6.45) is 4.82. The largest absolute Gasteiger partial charge is 0.455 e. The van der Waals surface area contributed by atoms with E-state index in [1.807, 2.05) is 0 Å². The van der Waals surface area contributed by atoms with Crippen LogP contribution in [0.5, 0.6) is 0 Å². The Kier molecular flexibility index (Phi) is 6.89. The lowest BCUT2D eigenvalue weighted by Gasteiger charge is -2.54. The van der Waals surface area contributed by atoms with Gasteiger partial charge in [0.05, 0.1) is 17.7 Å². The van der Waals surface area contributed by atoms with E-state index in [9.17, 15) is 9.59 Å². The average molecular weight is 512 g/mol. The highest BCUT2D eigenvalue weighted by Crippen LogP contribution is 2.53. The molecular weight excluding hydrogens is 474 g/mol. The Labute approximate surface area is 219 Å². The number of hydrogen-bond donors (Lipinski definition) is 1. The van der Waals surface area contributed by atoms with Crippen LogP contribution in [0, 0.1) is 16.7 Å². The normalized spacial score (nSPS) is 18.1. The smallest absolute Gasteiger partial charge is 0.340 e. The molecule has 0 bridgehead atoms. The maximum atomic E-state index is 14.1. The van der Waals surface area contributed by atoms with E-state index in [1.54, 1.807) is 30.3 Å². The second kappa shape index (κ2) is 9.37. The molecule has 0 spiro atoms. The fourth-order valence-electron chi connectivity index (χ4n) is 7.02. The van der Waals surface area contributed by atoms with Crippen molar-refractivity contribution in [1.29, 1.82) is 0 Å². The second-order valence-electron chi connectivity index (χ2n) is 12.5. The van der Waals surface area contributed by atoms with Crippen LogP contribution in [0.2, 0.25) is 5.02 Å². The Hall–Kier alpha value is -2.60. The lowest BCUT2D eigenvalue weighted by molar-refractivity contribution is -0.136. The Balaban J connectivity index is 1.85. The van der Waals surface area contributed by atoms with Crippen molar-refractivity contribution in [1.82, 2.24) is 4.57 Å². The number of carbonyl (C=O) groups is 2. The predicted molar refractivity (Wildman–Crippen MR) is 145 cm³/mol. The van der Waals surface area contributed by atoms with Gasteiger partial charge in [0.25, 0.3) is 0 Å². The van der Waals surface area contributed by atoms with Crippen LogP contribution in [0.25, 0.3) is 11.3 Å². The summed E-state index contributed by atoms with van der Waals surface area (Å²) in [6, 6.07) is 8.74. The van der Waals surface area contributed by atoms with Crippen molar-refractivity contribution in [2.24, 2.45) is 27.5 Å². The summed E-state index contributed by atoms with van der Waals surface area (Å²) in [5, 5.41) is 0.571. The summed E-state index contributed by atoms with van der Waals surface area (Å²) >= 11 is 6.13. The lowest BCUT2D eigenvalue weighted by atomic mass is 9.56. The predicted octanol–water partition coefficient (Wildman–Crippen LogP) is 7.41. The van der Waals surface area contributed by atoms with Gasteiger partial charge in [0, 0.05) is 10.9 Å². The van der Waals surface area contributed by atoms with Gasteiger partial charge in [0.1, 0.15) is 17.3 Å². The molecule has 2 aromatic rings. The first-order valence-electron chi connectivity index (χ1n) is 12.8. The number of benzene rings is 1. The molecule has 2 aliphatic rings. The zero-order valence-corrected chi connectivity index (χ0v) is 23.0. The van der Waals surface area contributed by atoms with E-state index in [1.165, 1.54) is 4.57 Å². The van der Waals surface area contributed by atoms with Gasteiger partial charge in [-0.25, -0.2) is 9.79 Å². The van der Waals surface area contributed by atoms with E-state index < -0.39 is 11.6 Å². The van der Waals surface area contributed by atoms with Crippen molar-refractivity contribution >= 4 is 35.1 Å². The number of aliphatic imine (C=N–C) groups is 1. The highest BCUT2D eigenvalue weighted by molar-refractivity contribution is 6.30. The van der Waals surface area contributed by atoms with Crippen molar-refractivity contribution in [2.75, 3.05) is 0 Å². The van der Waals surface area contributed by atoms with Gasteiger partial charge in [0.2, 0.25) is 5.91 Å². The van der Waals surface area contributed by atoms with E-state index in [-0.39, 0.29) is 34.9 Å². The zero-order valence-electron chi connectivity index (χ0n) is 22.3. The number of esters is 1. The maximum Gasteiger partial charge on any atom is 0.340 e. The molecule has 36 heavy (non-hydrogen) atoms. The highest BCUT2D eigenvalue weighted by atomic mass is 35.5. The van der Waals surface area contributed by atoms with Gasteiger partial charge in [-0.3, -0.25) is 9.36 Å². The molecule has 2 N–H and O–H groups in total. The molecule has 2 heterocycles. The number of carbonyl (C=O) groups excluding carboxylic acids is 2. The third-order valence-corrected chi connectivity index (χ3v) is 7.66. The first-order chi connectivity index (χ1) is 16.7. The van der Waals surface area contributed by atoms with E-state index >= 15 is 0 Å². The lowest BCUT2D eigenvalue weighted by Crippen LogP contribution is -2.54. The summed E-state index contributed by atoms with van der Waals surface area (Å²) in [4.78, 5) is 31.5. The van der Waals surface area contributed by atoms with Crippen molar-refractivity contribution in [2.45, 2.75) is 85.7 Å². The summed E-state index contributed by atoms with van der Waals surface area (Å²) in [5.74, 6) is 0.0617. The summed E-state index contributed by atoms with van der Waals surface area (Å²) < 4.78 is 8.12. The molecule has 1 aromatic carbocycles. The van der Waals surface area contributed by atoms with Crippen LogP contribution in [0.3, 0.4) is 0 Å². The highest BCUT2D eigenvalue weighted by Gasteiger charge is 2.53. The Bertz CT molecular complexity index is 1180. The molecule has 1 saturated carbocycles. The molecule has 0 radical (unpaired) electrons. The molecule has 4 rings (SSSR count). The summed E-state index contributed by atoms with van der Waals surface area (Å²) in [5.41, 5.74) is 6.66. The minimum Gasteiger partial charge on any atom is -0.455 e. The van der Waals surface area contributed by atoms with Gasteiger partial charge in [-0.15, -0.1) is 0 Å². The molecule has 1 fully saturated rings. The van der Waals surface area contributed by atoms with Crippen LogP contribution in [-0.2, 0) is 4.74 Å². The molecule has 0 saturated heterocycles. The van der Waals surface area contributed by atoms with Gasteiger partial charge in [0.15, 0.2) is 0 Å². The number of ether oxygens (including phenoxy) is 1. The standard InChI is InChI=1S/C29H38ClN3O3/c1-27(2,3)26(28(4,5)6)29(14-8-7-9-15-29)36-25(35)20-16-22-32-21(31)17-23(34)33(22)24(20)18-10-12-19(30)13-11-18/h10-13,16,26H,7-9,14-15,17H2,1-6H3,(H2,31,32). The first kappa shape index (κ1) is 26.5. The summed E-state index contributed by atoms with van der Waals surface area (Å²) in [6.45, 7) is 13.4. The van der Waals surface area contributed by atoms with Crippen LogP contribution in [0.15, 0.2) is 35.3 Å². The molecule has 1 aliphatic heterocycles. The topological polar surface area (TPSA) is 86.7 Å². The molecule has 1 aliphatic carbocycles. The van der Waals surface area contributed by atoms with Crippen LogP contribution in [-0.4, -0.2) is 27.9 Å². The fraction of sp³-hybridized carbons (Fsp3) is 0.552. The van der Waals surface area contributed by atoms with Crippen LogP contribution in [0.1, 0.15) is 95.2 Å². The monoisotopic (exact) mass is 511 g/mol. The minimum absolute atomic E-state index is 0.00316. The first-order valence-corrected chi connectivity index (χ1v) is 13.2. The fourth-order valence-corrected chi connectivity index (χ4v) is 7.14. The van der Waals surface area contributed by atoms with Crippen LogP contribution >= 0.6 is 11.6 Å². The van der Waals surface area contributed by atoms with Gasteiger partial charge in [-0.2, -0.15) is 0 Å². The quantitative estimate of drug-likeness (QED) is 0.433. The van der Waals surface area contributed by atoms with Crippen LogP contribution in [0.4, 0.5) is 5.82 Å². The molecule has 0 amide bonds. The average Bonchev–Trinajstić information content (AvgIpc) is 3.12. The second-order valence-corrected chi connectivity index (χ2v) is 12.9. The number of hydrogen-bond acceptors (Lipinski definition) is 5. The third kappa shape index (κ3) is 4.97. The number of halogens is 1. The van der Waals surface area contributed by atoms with Crippen molar-refractivity contribution < 1.29 is 14.3 Å². The minimum atomic E-state index is -0.599. The van der Waals surface area contributed by atoms with Gasteiger partial charge < -0.3 is 10.5 Å². The van der Waals surface area contributed by atoms with E-state index in [0.29, 0.717) is 27.7 Å². The molecule has 6 nitrogen and oxygen atoms in total. The molecular formula is C29H38ClN3O3. The molecule has 194 valence electrons. The molecule has 0 unspecified atom stereocenters. The third-order valence-electron chi connectivity index (χ3n) is 7.41. The van der Waals surface area contributed by atoms with E-state index in [0.717, 1.165) is 32.1 Å². The van der Waals surface area contributed by atoms with Gasteiger partial charge in [-0.1, -0.05) is 71.7 Å². The van der Waals surface area contributed by atoms with E-state index in [4.69, 9.17) is 22.1 Å². The van der Waals surface area contributed by atoms with Crippen molar-refractivity contribution in [3.8, 4) is 11.3 Å². The number of nitrogens with zero attached hydrogens (tertiary/aromatic N) is 2. The SMILES string of the molecule is CC(C)(C)C(C(C)(C)C)C1(OC(=O)c2cc3n(c2-c2ccc(Cl)cc2)C(=O)CC(N)=N3)CCCCC1. The number of fused-ring (bicyclic) bond motifs is 1. The maximum absolute atomic E-state index is 14.1. The Morgan fingerprint density at radius 3 is 2.19 bits per heavy atom.